The molecule has 0 amide bonds. The lowest BCUT2D eigenvalue weighted by atomic mass is 10.2. The summed E-state index contributed by atoms with van der Waals surface area (Å²) in [6.45, 7) is 4.44. The van der Waals surface area contributed by atoms with Gasteiger partial charge in [0.2, 0.25) is 0 Å². The molecule has 1 aliphatic heterocycles. The molecule has 3 rings (SSSR count). The molecule has 88 valence electrons. The van der Waals surface area contributed by atoms with Gasteiger partial charge in [-0.15, -0.1) is 11.3 Å². The number of benzene rings is 1. The van der Waals surface area contributed by atoms with Crippen molar-refractivity contribution in [1.82, 2.24) is 4.98 Å². The van der Waals surface area contributed by atoms with Crippen molar-refractivity contribution in [1.29, 1.82) is 0 Å². The first-order valence-corrected chi connectivity index (χ1v) is 6.98. The van der Waals surface area contributed by atoms with Crippen LogP contribution in [0.4, 0.5) is 5.69 Å². The fourth-order valence-corrected chi connectivity index (χ4v) is 3.09. The molecule has 0 bridgehead atoms. The number of anilines is 1. The van der Waals surface area contributed by atoms with E-state index in [1.807, 2.05) is 6.92 Å². The van der Waals surface area contributed by atoms with Gasteiger partial charge < -0.3 is 4.90 Å². The molecule has 1 saturated heterocycles. The van der Waals surface area contributed by atoms with Crippen LogP contribution in [0.3, 0.4) is 0 Å². The van der Waals surface area contributed by atoms with Crippen molar-refractivity contribution in [2.24, 2.45) is 0 Å². The van der Waals surface area contributed by atoms with Crippen molar-refractivity contribution in [2.75, 3.05) is 18.0 Å². The number of nitrogens with zero attached hydrogens (tertiary/aromatic N) is 2. The molecule has 2 heterocycles. The third-order valence-corrected chi connectivity index (χ3v) is 4.19. The summed E-state index contributed by atoms with van der Waals surface area (Å²) in [5, 5.41) is 3.24. The van der Waals surface area contributed by atoms with Gasteiger partial charge in [0.05, 0.1) is 0 Å². The SMILES string of the molecule is Cc1csc(-c2cccc(N3CCCC3)c2)n1. The zero-order chi connectivity index (χ0) is 11.7. The summed E-state index contributed by atoms with van der Waals surface area (Å²) in [6, 6.07) is 8.76. The Kier molecular flexibility index (Phi) is 2.85. The molecule has 0 atom stereocenters. The Morgan fingerprint density at radius 1 is 1.24 bits per heavy atom. The molecule has 0 aliphatic carbocycles. The second kappa shape index (κ2) is 4.49. The van der Waals surface area contributed by atoms with E-state index < -0.39 is 0 Å². The Hall–Kier alpha value is -1.35. The summed E-state index contributed by atoms with van der Waals surface area (Å²) in [5.41, 5.74) is 3.69. The molecule has 1 aromatic carbocycles. The summed E-state index contributed by atoms with van der Waals surface area (Å²) in [5.74, 6) is 0. The maximum Gasteiger partial charge on any atom is 0.123 e. The lowest BCUT2D eigenvalue weighted by molar-refractivity contribution is 0.949. The number of rotatable bonds is 2. The molecule has 0 spiro atoms. The number of aryl methyl sites for hydroxylation is 1. The third kappa shape index (κ3) is 2.20. The van der Waals surface area contributed by atoms with E-state index in [2.05, 4.69) is 39.5 Å². The normalized spacial score (nSPS) is 15.5. The minimum atomic E-state index is 1.11. The molecule has 1 fully saturated rings. The van der Waals surface area contributed by atoms with Gasteiger partial charge in [-0.3, -0.25) is 0 Å². The first kappa shape index (κ1) is 10.8. The lowest BCUT2D eigenvalue weighted by Gasteiger charge is -2.17. The van der Waals surface area contributed by atoms with Gasteiger partial charge in [0.1, 0.15) is 5.01 Å². The van der Waals surface area contributed by atoms with Crippen LogP contribution >= 0.6 is 11.3 Å². The minimum absolute atomic E-state index is 1.11. The third-order valence-electron chi connectivity index (χ3n) is 3.18. The lowest BCUT2D eigenvalue weighted by Crippen LogP contribution is -2.17. The number of thiazole rings is 1. The van der Waals surface area contributed by atoms with Crippen molar-refractivity contribution in [3.8, 4) is 10.6 Å². The van der Waals surface area contributed by atoms with Gasteiger partial charge in [0, 0.05) is 35.4 Å². The Bertz CT molecular complexity index is 512. The van der Waals surface area contributed by atoms with Gasteiger partial charge in [0.25, 0.3) is 0 Å². The predicted molar refractivity (Wildman–Crippen MR) is 73.7 cm³/mol. The van der Waals surface area contributed by atoms with Gasteiger partial charge in [0.15, 0.2) is 0 Å². The van der Waals surface area contributed by atoms with E-state index in [1.165, 1.54) is 37.2 Å². The Morgan fingerprint density at radius 2 is 2.06 bits per heavy atom. The highest BCUT2D eigenvalue weighted by molar-refractivity contribution is 7.13. The van der Waals surface area contributed by atoms with Crippen LogP contribution in [0.1, 0.15) is 18.5 Å². The van der Waals surface area contributed by atoms with Crippen LogP contribution in [0.5, 0.6) is 0 Å². The minimum Gasteiger partial charge on any atom is -0.372 e. The molecule has 0 radical (unpaired) electrons. The quantitative estimate of drug-likeness (QED) is 0.800. The Labute approximate surface area is 106 Å². The largest absolute Gasteiger partial charge is 0.372 e. The summed E-state index contributed by atoms with van der Waals surface area (Å²) >= 11 is 1.72. The fraction of sp³-hybridized carbons (Fsp3) is 0.357. The van der Waals surface area contributed by atoms with Gasteiger partial charge in [-0.2, -0.15) is 0 Å². The van der Waals surface area contributed by atoms with Crippen LogP contribution in [0.15, 0.2) is 29.6 Å². The maximum absolute atomic E-state index is 4.55. The smallest absolute Gasteiger partial charge is 0.123 e. The van der Waals surface area contributed by atoms with Crippen LogP contribution in [-0.2, 0) is 0 Å². The van der Waals surface area contributed by atoms with Crippen molar-refractivity contribution in [3.63, 3.8) is 0 Å². The topological polar surface area (TPSA) is 16.1 Å². The fourth-order valence-electron chi connectivity index (χ4n) is 2.30. The Morgan fingerprint density at radius 3 is 2.76 bits per heavy atom. The molecule has 0 saturated carbocycles. The average Bonchev–Trinajstić information content (AvgIpc) is 3.00. The molecular formula is C14H16N2S. The standard InChI is InChI=1S/C14H16N2S/c1-11-10-17-14(15-11)12-5-4-6-13(9-12)16-7-2-3-8-16/h4-6,9-10H,2-3,7-8H2,1H3. The van der Waals surface area contributed by atoms with Gasteiger partial charge in [-0.1, -0.05) is 12.1 Å². The van der Waals surface area contributed by atoms with Crippen LogP contribution in [0.2, 0.25) is 0 Å². The van der Waals surface area contributed by atoms with Crippen LogP contribution < -0.4 is 4.90 Å². The van der Waals surface area contributed by atoms with E-state index in [1.54, 1.807) is 11.3 Å². The maximum atomic E-state index is 4.55. The molecule has 0 unspecified atom stereocenters. The number of aromatic nitrogens is 1. The van der Waals surface area contributed by atoms with Gasteiger partial charge in [-0.25, -0.2) is 4.98 Å². The molecule has 2 aromatic rings. The molecule has 1 aliphatic rings. The Balaban J connectivity index is 1.93. The van der Waals surface area contributed by atoms with Crippen molar-refractivity contribution >= 4 is 17.0 Å². The number of hydrogen-bond donors (Lipinski definition) is 0. The summed E-state index contributed by atoms with van der Waals surface area (Å²) in [7, 11) is 0. The van der Waals surface area contributed by atoms with E-state index in [0.717, 1.165) is 10.7 Å². The molecule has 0 N–H and O–H groups in total. The average molecular weight is 244 g/mol. The predicted octanol–water partition coefficient (Wildman–Crippen LogP) is 3.72. The van der Waals surface area contributed by atoms with Crippen molar-refractivity contribution in [3.05, 3.63) is 35.3 Å². The van der Waals surface area contributed by atoms with E-state index in [-0.39, 0.29) is 0 Å². The van der Waals surface area contributed by atoms with Gasteiger partial charge in [-0.05, 0) is 31.9 Å². The molecule has 1 aromatic heterocycles. The van der Waals surface area contributed by atoms with E-state index in [9.17, 15) is 0 Å². The number of hydrogen-bond acceptors (Lipinski definition) is 3. The van der Waals surface area contributed by atoms with Gasteiger partial charge >= 0.3 is 0 Å². The molecular weight excluding hydrogens is 228 g/mol. The zero-order valence-corrected chi connectivity index (χ0v) is 10.8. The zero-order valence-electron chi connectivity index (χ0n) is 10.0. The summed E-state index contributed by atoms with van der Waals surface area (Å²) in [4.78, 5) is 7.01. The van der Waals surface area contributed by atoms with Crippen molar-refractivity contribution in [2.45, 2.75) is 19.8 Å². The van der Waals surface area contributed by atoms with Crippen molar-refractivity contribution < 1.29 is 0 Å². The second-order valence-corrected chi connectivity index (χ2v) is 5.40. The first-order valence-electron chi connectivity index (χ1n) is 6.10. The van der Waals surface area contributed by atoms with Crippen LogP contribution in [-0.4, -0.2) is 18.1 Å². The highest BCUT2D eigenvalue weighted by Crippen LogP contribution is 2.28. The second-order valence-electron chi connectivity index (χ2n) is 4.54. The van der Waals surface area contributed by atoms with Crippen LogP contribution in [0, 0.1) is 6.92 Å². The highest BCUT2D eigenvalue weighted by atomic mass is 32.1. The first-order chi connectivity index (χ1) is 8.33. The van der Waals surface area contributed by atoms with E-state index in [4.69, 9.17) is 0 Å². The molecule has 17 heavy (non-hydrogen) atoms. The van der Waals surface area contributed by atoms with Crippen LogP contribution in [0.25, 0.3) is 10.6 Å². The van der Waals surface area contributed by atoms with E-state index in [0.29, 0.717) is 0 Å². The summed E-state index contributed by atoms with van der Waals surface area (Å²) in [6.07, 6.45) is 2.64. The molecule has 2 nitrogen and oxygen atoms in total. The highest BCUT2D eigenvalue weighted by Gasteiger charge is 2.13. The molecule has 3 heteroatoms. The monoisotopic (exact) mass is 244 g/mol. The van der Waals surface area contributed by atoms with E-state index >= 15 is 0 Å². The summed E-state index contributed by atoms with van der Waals surface area (Å²) < 4.78 is 0.